The molecule has 5 nitrogen and oxygen atoms in total. The molecule has 24 heavy (non-hydrogen) atoms. The Labute approximate surface area is 141 Å². The van der Waals surface area contributed by atoms with Crippen LogP contribution in [0.5, 0.6) is 0 Å². The van der Waals surface area contributed by atoms with E-state index < -0.39 is 0 Å². The molecular weight excluding hydrogens is 300 g/mol. The number of rotatable bonds is 3. The van der Waals surface area contributed by atoms with Crippen LogP contribution in [0.1, 0.15) is 36.0 Å². The van der Waals surface area contributed by atoms with Gasteiger partial charge in [-0.3, -0.25) is 9.20 Å². The molecule has 1 aliphatic carbocycles. The molecule has 0 spiro atoms. The van der Waals surface area contributed by atoms with E-state index in [0.29, 0.717) is 11.8 Å². The quantitative estimate of drug-likeness (QED) is 0.743. The third-order valence-corrected chi connectivity index (χ3v) is 4.86. The normalized spacial score (nSPS) is 15.0. The van der Waals surface area contributed by atoms with Crippen molar-refractivity contribution < 1.29 is 4.79 Å². The molecule has 0 N–H and O–H groups in total. The van der Waals surface area contributed by atoms with Crippen LogP contribution in [0.15, 0.2) is 48.9 Å². The third-order valence-electron chi connectivity index (χ3n) is 4.86. The maximum atomic E-state index is 12.6. The lowest BCUT2D eigenvalue weighted by Gasteiger charge is -2.24. The maximum absolute atomic E-state index is 12.6. The van der Waals surface area contributed by atoms with Gasteiger partial charge in [-0.15, -0.1) is 0 Å². The zero-order chi connectivity index (χ0) is 16.5. The Kier molecular flexibility index (Phi) is 3.76. The van der Waals surface area contributed by atoms with Gasteiger partial charge in [-0.2, -0.15) is 0 Å². The summed E-state index contributed by atoms with van der Waals surface area (Å²) in [5.74, 6) is 0.777. The summed E-state index contributed by atoms with van der Waals surface area (Å²) in [5, 5.41) is 0. The van der Waals surface area contributed by atoms with Crippen molar-refractivity contribution >= 4 is 11.7 Å². The summed E-state index contributed by atoms with van der Waals surface area (Å²) in [4.78, 5) is 23.3. The topological polar surface area (TPSA) is 50.5 Å². The van der Waals surface area contributed by atoms with Gasteiger partial charge in [0.2, 0.25) is 5.78 Å². The fourth-order valence-corrected chi connectivity index (χ4v) is 3.41. The molecule has 0 saturated heterocycles. The molecule has 2 aromatic heterocycles. The van der Waals surface area contributed by atoms with Crippen LogP contribution < -0.4 is 0 Å². The maximum Gasteiger partial charge on any atom is 0.253 e. The Balaban J connectivity index is 1.56. The van der Waals surface area contributed by atoms with Crippen LogP contribution in [0, 0.1) is 0 Å². The number of carbonyl (C=O) groups excluding carboxylic acids is 1. The summed E-state index contributed by atoms with van der Waals surface area (Å²) in [6.07, 6.45) is 10.3. The Bertz CT molecular complexity index is 829. The minimum Gasteiger partial charge on any atom is -0.339 e. The van der Waals surface area contributed by atoms with Crippen LogP contribution in [-0.4, -0.2) is 38.3 Å². The van der Waals surface area contributed by atoms with E-state index in [1.54, 1.807) is 6.20 Å². The number of amides is 1. The molecule has 1 aromatic carbocycles. The third kappa shape index (κ3) is 2.66. The molecule has 0 aliphatic heterocycles. The lowest BCUT2D eigenvalue weighted by Crippen LogP contribution is -2.35. The van der Waals surface area contributed by atoms with Crippen LogP contribution in [0.3, 0.4) is 0 Å². The molecule has 1 saturated carbocycles. The van der Waals surface area contributed by atoms with E-state index in [0.717, 1.165) is 29.7 Å². The number of hydrogen-bond donors (Lipinski definition) is 0. The molecule has 2 heterocycles. The van der Waals surface area contributed by atoms with Gasteiger partial charge in [-0.25, -0.2) is 9.97 Å². The van der Waals surface area contributed by atoms with Gasteiger partial charge >= 0.3 is 0 Å². The minimum atomic E-state index is 0.102. The van der Waals surface area contributed by atoms with Crippen molar-refractivity contribution in [3.05, 3.63) is 54.5 Å². The second-order valence-corrected chi connectivity index (χ2v) is 6.38. The summed E-state index contributed by atoms with van der Waals surface area (Å²) in [5.41, 5.74) is 2.58. The number of nitrogens with zero attached hydrogens (tertiary/aromatic N) is 4. The van der Waals surface area contributed by atoms with E-state index in [4.69, 9.17) is 0 Å². The summed E-state index contributed by atoms with van der Waals surface area (Å²) >= 11 is 0. The van der Waals surface area contributed by atoms with E-state index in [-0.39, 0.29) is 5.91 Å². The molecule has 0 unspecified atom stereocenters. The number of hydrogen-bond acceptors (Lipinski definition) is 3. The molecule has 1 aliphatic rings. The predicted molar refractivity (Wildman–Crippen MR) is 92.8 cm³/mol. The minimum absolute atomic E-state index is 0.102. The van der Waals surface area contributed by atoms with E-state index in [9.17, 15) is 4.79 Å². The molecule has 122 valence electrons. The van der Waals surface area contributed by atoms with E-state index in [2.05, 4.69) is 9.97 Å². The predicted octanol–water partition coefficient (Wildman–Crippen LogP) is 3.41. The van der Waals surface area contributed by atoms with E-state index in [1.165, 1.54) is 12.8 Å². The molecule has 3 aromatic rings. The van der Waals surface area contributed by atoms with E-state index >= 15 is 0 Å². The average Bonchev–Trinajstić information content (AvgIpc) is 3.30. The Morgan fingerprint density at radius 1 is 1.21 bits per heavy atom. The first-order valence-electron chi connectivity index (χ1n) is 8.40. The van der Waals surface area contributed by atoms with Crippen molar-refractivity contribution in [3.63, 3.8) is 0 Å². The Morgan fingerprint density at radius 3 is 2.67 bits per heavy atom. The number of aromatic nitrogens is 3. The first-order valence-corrected chi connectivity index (χ1v) is 8.40. The molecule has 1 fully saturated rings. The van der Waals surface area contributed by atoms with Crippen molar-refractivity contribution in [3.8, 4) is 11.3 Å². The molecule has 1 amide bonds. The first kappa shape index (κ1) is 14.9. The second kappa shape index (κ2) is 6.07. The van der Waals surface area contributed by atoms with Crippen molar-refractivity contribution in [2.45, 2.75) is 31.7 Å². The lowest BCUT2D eigenvalue weighted by atomic mass is 10.1. The van der Waals surface area contributed by atoms with Crippen LogP contribution in [0.25, 0.3) is 17.0 Å². The van der Waals surface area contributed by atoms with Gasteiger partial charge in [0.25, 0.3) is 5.91 Å². The summed E-state index contributed by atoms with van der Waals surface area (Å²) in [6, 6.07) is 9.96. The van der Waals surface area contributed by atoms with Crippen molar-refractivity contribution in [2.75, 3.05) is 7.05 Å². The lowest BCUT2D eigenvalue weighted by molar-refractivity contribution is 0.0735. The Hall–Kier alpha value is -2.69. The number of imidazole rings is 1. The van der Waals surface area contributed by atoms with Gasteiger partial charge < -0.3 is 4.90 Å². The molecular formula is C19H20N4O. The highest BCUT2D eigenvalue weighted by atomic mass is 16.2. The van der Waals surface area contributed by atoms with Crippen LogP contribution >= 0.6 is 0 Å². The Morgan fingerprint density at radius 2 is 1.96 bits per heavy atom. The highest BCUT2D eigenvalue weighted by Gasteiger charge is 2.24. The van der Waals surface area contributed by atoms with Gasteiger partial charge in [0.1, 0.15) is 0 Å². The first-order chi connectivity index (χ1) is 11.7. The monoisotopic (exact) mass is 320 g/mol. The van der Waals surface area contributed by atoms with Gasteiger partial charge in [0.05, 0.1) is 5.69 Å². The van der Waals surface area contributed by atoms with Gasteiger partial charge in [-0.05, 0) is 31.0 Å². The van der Waals surface area contributed by atoms with Crippen molar-refractivity contribution in [1.29, 1.82) is 0 Å². The summed E-state index contributed by atoms with van der Waals surface area (Å²) in [6.45, 7) is 0. The highest BCUT2D eigenvalue weighted by Crippen LogP contribution is 2.24. The van der Waals surface area contributed by atoms with Crippen LogP contribution in [-0.2, 0) is 0 Å². The zero-order valence-corrected chi connectivity index (χ0v) is 13.7. The molecule has 4 rings (SSSR count). The number of benzene rings is 1. The fourth-order valence-electron chi connectivity index (χ4n) is 3.41. The average molecular weight is 320 g/mol. The second-order valence-electron chi connectivity index (χ2n) is 6.38. The van der Waals surface area contributed by atoms with Crippen molar-refractivity contribution in [1.82, 2.24) is 19.3 Å². The van der Waals surface area contributed by atoms with E-state index in [1.807, 2.05) is 59.1 Å². The molecule has 0 bridgehead atoms. The van der Waals surface area contributed by atoms with Gasteiger partial charge in [-0.1, -0.05) is 25.0 Å². The summed E-state index contributed by atoms with van der Waals surface area (Å²) in [7, 11) is 1.92. The SMILES string of the molecule is CN(C(=O)c1ccc(-c2cn3cccnc3n2)cc1)C1CCCC1. The van der Waals surface area contributed by atoms with Gasteiger partial charge in [0.15, 0.2) is 0 Å². The zero-order valence-electron chi connectivity index (χ0n) is 13.7. The molecule has 0 atom stereocenters. The molecule has 0 radical (unpaired) electrons. The van der Waals surface area contributed by atoms with Gasteiger partial charge in [0, 0.05) is 42.8 Å². The largest absolute Gasteiger partial charge is 0.339 e. The van der Waals surface area contributed by atoms with Crippen LogP contribution in [0.4, 0.5) is 0 Å². The number of carbonyl (C=O) groups is 1. The standard InChI is InChI=1S/C19H20N4O/c1-22(16-5-2-3-6-16)18(24)15-9-7-14(8-10-15)17-13-23-12-4-11-20-19(23)21-17/h4,7-13,16H,2-3,5-6H2,1H3. The molecule has 5 heteroatoms. The highest BCUT2D eigenvalue weighted by molar-refractivity contribution is 5.94. The fraction of sp³-hybridized carbons (Fsp3) is 0.316. The van der Waals surface area contributed by atoms with Crippen LogP contribution in [0.2, 0.25) is 0 Å². The smallest absolute Gasteiger partial charge is 0.253 e. The summed E-state index contributed by atoms with van der Waals surface area (Å²) < 4.78 is 1.89. The number of fused-ring (bicyclic) bond motifs is 1. The van der Waals surface area contributed by atoms with Crippen molar-refractivity contribution in [2.24, 2.45) is 0 Å².